The van der Waals surface area contributed by atoms with Gasteiger partial charge in [-0.15, -0.1) is 0 Å². The lowest BCUT2D eigenvalue weighted by Gasteiger charge is -2.29. The number of fused-ring (bicyclic) bond motifs is 1. The molecule has 0 saturated carbocycles. The highest BCUT2D eigenvalue weighted by Gasteiger charge is 2.22. The van der Waals surface area contributed by atoms with Crippen molar-refractivity contribution in [3.63, 3.8) is 0 Å². The molecule has 0 aliphatic rings. The number of aliphatic hydroxyl groups excluding tert-OH is 1. The molecule has 1 aromatic heterocycles. The van der Waals surface area contributed by atoms with Gasteiger partial charge >= 0.3 is 0 Å². The number of hydrogen-bond donors (Lipinski definition) is 2. The zero-order chi connectivity index (χ0) is 15.5. The largest absolute Gasteiger partial charge is 0.394 e. The van der Waals surface area contributed by atoms with Crippen LogP contribution in [-0.4, -0.2) is 33.3 Å². The maximum absolute atomic E-state index is 9.65. The molecule has 4 nitrogen and oxygen atoms in total. The molecule has 0 radical (unpaired) electrons. The SMILES string of the molecule is CCCNC(C)(CO)CCn1cnc2cc(C)c(C)cc21. The molecule has 0 aliphatic heterocycles. The molecule has 0 spiro atoms. The standard InChI is InChI=1S/C17H27N3O/c1-5-7-19-17(4,11-21)6-8-20-12-18-15-9-13(2)14(3)10-16(15)20/h9-10,12,19,21H,5-8,11H2,1-4H3. The first-order valence-corrected chi connectivity index (χ1v) is 7.77. The normalized spacial score (nSPS) is 14.5. The van der Waals surface area contributed by atoms with Gasteiger partial charge in [0.05, 0.1) is 24.0 Å². The second-order valence-corrected chi connectivity index (χ2v) is 6.26. The summed E-state index contributed by atoms with van der Waals surface area (Å²) < 4.78 is 2.18. The second-order valence-electron chi connectivity index (χ2n) is 6.26. The number of hydrogen-bond acceptors (Lipinski definition) is 3. The van der Waals surface area contributed by atoms with Gasteiger partial charge in [-0.3, -0.25) is 0 Å². The minimum absolute atomic E-state index is 0.151. The molecule has 1 aromatic carbocycles. The van der Waals surface area contributed by atoms with Crippen LogP contribution in [0.5, 0.6) is 0 Å². The van der Waals surface area contributed by atoms with Crippen molar-refractivity contribution in [3.8, 4) is 0 Å². The van der Waals surface area contributed by atoms with Gasteiger partial charge in [0, 0.05) is 12.1 Å². The lowest BCUT2D eigenvalue weighted by molar-refractivity contribution is 0.161. The average Bonchev–Trinajstić information content (AvgIpc) is 2.86. The fourth-order valence-corrected chi connectivity index (χ4v) is 2.51. The van der Waals surface area contributed by atoms with E-state index in [-0.39, 0.29) is 12.1 Å². The molecular weight excluding hydrogens is 262 g/mol. The summed E-state index contributed by atoms with van der Waals surface area (Å²) in [5.74, 6) is 0. The summed E-state index contributed by atoms with van der Waals surface area (Å²) >= 11 is 0. The van der Waals surface area contributed by atoms with Crippen LogP contribution in [-0.2, 0) is 6.54 Å². The summed E-state index contributed by atoms with van der Waals surface area (Å²) in [7, 11) is 0. The first-order valence-electron chi connectivity index (χ1n) is 7.77. The highest BCUT2D eigenvalue weighted by Crippen LogP contribution is 2.20. The maximum atomic E-state index is 9.65. The van der Waals surface area contributed by atoms with Gasteiger partial charge in [0.15, 0.2) is 0 Å². The monoisotopic (exact) mass is 289 g/mol. The van der Waals surface area contributed by atoms with Crippen molar-refractivity contribution in [2.45, 2.75) is 52.6 Å². The summed E-state index contributed by atoms with van der Waals surface area (Å²) in [6, 6.07) is 4.34. The zero-order valence-electron chi connectivity index (χ0n) is 13.6. The Balaban J connectivity index is 2.14. The second kappa shape index (κ2) is 6.58. The number of imidazole rings is 1. The summed E-state index contributed by atoms with van der Waals surface area (Å²) in [4.78, 5) is 4.49. The van der Waals surface area contributed by atoms with E-state index in [1.165, 1.54) is 16.6 Å². The Labute approximate surface area is 127 Å². The van der Waals surface area contributed by atoms with E-state index in [2.05, 4.69) is 54.7 Å². The third-order valence-corrected chi connectivity index (χ3v) is 4.29. The van der Waals surface area contributed by atoms with Gasteiger partial charge in [-0.25, -0.2) is 4.98 Å². The van der Waals surface area contributed by atoms with Gasteiger partial charge in [0.25, 0.3) is 0 Å². The highest BCUT2D eigenvalue weighted by molar-refractivity contribution is 5.77. The van der Waals surface area contributed by atoms with Crippen LogP contribution in [0.25, 0.3) is 11.0 Å². The summed E-state index contributed by atoms with van der Waals surface area (Å²) in [6.45, 7) is 10.4. The Bertz CT molecular complexity index is 605. The number of aliphatic hydroxyl groups is 1. The molecule has 2 aromatic rings. The van der Waals surface area contributed by atoms with Crippen molar-refractivity contribution in [1.29, 1.82) is 0 Å². The predicted octanol–water partition coefficient (Wildman–Crippen LogP) is 2.79. The minimum Gasteiger partial charge on any atom is -0.394 e. The molecule has 2 N–H and O–H groups in total. The molecule has 1 unspecified atom stereocenters. The Morgan fingerprint density at radius 1 is 1.29 bits per heavy atom. The summed E-state index contributed by atoms with van der Waals surface area (Å²) in [5.41, 5.74) is 4.56. The fraction of sp³-hybridized carbons (Fsp3) is 0.588. The molecule has 0 amide bonds. The van der Waals surface area contributed by atoms with E-state index in [0.717, 1.165) is 31.4 Å². The maximum Gasteiger partial charge on any atom is 0.0958 e. The van der Waals surface area contributed by atoms with Crippen LogP contribution < -0.4 is 5.32 Å². The van der Waals surface area contributed by atoms with Gasteiger partial charge in [-0.1, -0.05) is 6.92 Å². The predicted molar refractivity (Wildman–Crippen MR) is 87.6 cm³/mol. The number of benzene rings is 1. The summed E-state index contributed by atoms with van der Waals surface area (Å²) in [6.07, 6.45) is 3.85. The molecule has 0 aliphatic carbocycles. The molecule has 0 fully saturated rings. The van der Waals surface area contributed by atoms with E-state index in [1.807, 2.05) is 6.33 Å². The van der Waals surface area contributed by atoms with E-state index in [1.54, 1.807) is 0 Å². The number of nitrogens with zero attached hydrogens (tertiary/aromatic N) is 2. The molecule has 1 heterocycles. The van der Waals surface area contributed by atoms with Gasteiger partial charge in [-0.2, -0.15) is 0 Å². The average molecular weight is 289 g/mol. The Kier molecular flexibility index (Phi) is 5.01. The van der Waals surface area contributed by atoms with E-state index >= 15 is 0 Å². The van der Waals surface area contributed by atoms with Crippen LogP contribution >= 0.6 is 0 Å². The molecule has 0 bridgehead atoms. The Morgan fingerprint density at radius 3 is 2.67 bits per heavy atom. The fourth-order valence-electron chi connectivity index (χ4n) is 2.51. The number of aromatic nitrogens is 2. The van der Waals surface area contributed by atoms with E-state index in [0.29, 0.717) is 0 Å². The molecule has 0 saturated heterocycles. The quantitative estimate of drug-likeness (QED) is 0.824. The Hall–Kier alpha value is -1.39. The molecule has 1 atom stereocenters. The third kappa shape index (κ3) is 3.63. The van der Waals surface area contributed by atoms with E-state index < -0.39 is 0 Å². The van der Waals surface area contributed by atoms with Gasteiger partial charge < -0.3 is 15.0 Å². The zero-order valence-corrected chi connectivity index (χ0v) is 13.6. The molecular formula is C17H27N3O. The van der Waals surface area contributed by atoms with Crippen molar-refractivity contribution in [3.05, 3.63) is 29.6 Å². The van der Waals surface area contributed by atoms with Crippen molar-refractivity contribution in [1.82, 2.24) is 14.9 Å². The van der Waals surface area contributed by atoms with Gasteiger partial charge in [-0.05, 0) is 63.4 Å². The van der Waals surface area contributed by atoms with Crippen LogP contribution in [0.3, 0.4) is 0 Å². The van der Waals surface area contributed by atoms with Crippen LogP contribution in [0.15, 0.2) is 18.5 Å². The van der Waals surface area contributed by atoms with Crippen molar-refractivity contribution < 1.29 is 5.11 Å². The van der Waals surface area contributed by atoms with Crippen molar-refractivity contribution >= 4 is 11.0 Å². The number of nitrogens with one attached hydrogen (secondary N) is 1. The lowest BCUT2D eigenvalue weighted by Crippen LogP contribution is -2.46. The number of aryl methyl sites for hydroxylation is 3. The molecule has 21 heavy (non-hydrogen) atoms. The van der Waals surface area contributed by atoms with Crippen molar-refractivity contribution in [2.24, 2.45) is 0 Å². The first kappa shape index (κ1) is 16.0. The van der Waals surface area contributed by atoms with Crippen LogP contribution in [0.1, 0.15) is 37.8 Å². The summed E-state index contributed by atoms with van der Waals surface area (Å²) in [5, 5.41) is 13.1. The van der Waals surface area contributed by atoms with E-state index in [4.69, 9.17) is 0 Å². The molecule has 2 rings (SSSR count). The van der Waals surface area contributed by atoms with Crippen LogP contribution in [0.4, 0.5) is 0 Å². The lowest BCUT2D eigenvalue weighted by atomic mass is 9.98. The molecule has 116 valence electrons. The van der Waals surface area contributed by atoms with Crippen molar-refractivity contribution in [2.75, 3.05) is 13.2 Å². The van der Waals surface area contributed by atoms with E-state index in [9.17, 15) is 5.11 Å². The van der Waals surface area contributed by atoms with Crippen LogP contribution in [0.2, 0.25) is 0 Å². The van der Waals surface area contributed by atoms with Gasteiger partial charge in [0.2, 0.25) is 0 Å². The smallest absolute Gasteiger partial charge is 0.0958 e. The van der Waals surface area contributed by atoms with Crippen LogP contribution in [0, 0.1) is 13.8 Å². The Morgan fingerprint density at radius 2 is 2.00 bits per heavy atom. The highest BCUT2D eigenvalue weighted by atomic mass is 16.3. The third-order valence-electron chi connectivity index (χ3n) is 4.29. The van der Waals surface area contributed by atoms with Gasteiger partial charge in [0.1, 0.15) is 0 Å². The minimum atomic E-state index is -0.230. The topological polar surface area (TPSA) is 50.1 Å². The molecule has 4 heteroatoms. The number of rotatable bonds is 7. The first-order chi connectivity index (χ1) is 9.99.